The van der Waals surface area contributed by atoms with Crippen LogP contribution in [0.5, 0.6) is 0 Å². The molecule has 1 aliphatic heterocycles. The highest BCUT2D eigenvalue weighted by Crippen LogP contribution is 2.06. The third-order valence-electron chi connectivity index (χ3n) is 1.70. The monoisotopic (exact) mass is 154 g/mol. The highest BCUT2D eigenvalue weighted by atomic mass is 16.5. The number of carbonyl (C=O) groups excluding carboxylic acids is 1. The maximum atomic E-state index is 10.2. The molecule has 0 aromatic heterocycles. The molecule has 0 bridgehead atoms. The summed E-state index contributed by atoms with van der Waals surface area (Å²) in [7, 11) is 0. The minimum atomic E-state index is 0.127. The van der Waals surface area contributed by atoms with Crippen LogP contribution in [0.3, 0.4) is 0 Å². The Labute approximate surface area is 66.6 Å². The Hall–Kier alpha value is -0.830. The van der Waals surface area contributed by atoms with Gasteiger partial charge in [0.2, 0.25) is 0 Å². The lowest BCUT2D eigenvalue weighted by atomic mass is 10.2. The number of nitrogens with zero attached hydrogens (tertiary/aromatic N) is 1. The van der Waals surface area contributed by atoms with E-state index in [-0.39, 0.29) is 6.10 Å². The third-order valence-corrected chi connectivity index (χ3v) is 1.70. The summed E-state index contributed by atoms with van der Waals surface area (Å²) >= 11 is 0. The molecule has 0 aromatic rings. The maximum absolute atomic E-state index is 10.2. The number of rotatable bonds is 3. The van der Waals surface area contributed by atoms with Gasteiger partial charge in [-0.25, -0.2) is 0 Å². The van der Waals surface area contributed by atoms with E-state index in [9.17, 15) is 4.79 Å². The van der Waals surface area contributed by atoms with Gasteiger partial charge in [0.05, 0.1) is 12.7 Å². The number of ether oxygens (including phenoxy) is 1. The van der Waals surface area contributed by atoms with Gasteiger partial charge in [0.15, 0.2) is 0 Å². The smallest absolute Gasteiger partial charge is 0.312 e. The van der Waals surface area contributed by atoms with E-state index in [2.05, 4.69) is 6.58 Å². The number of hydrogen-bond donors (Lipinski definition) is 0. The number of morpholine rings is 1. The molecular formula is C8H12NO2. The van der Waals surface area contributed by atoms with Crippen LogP contribution in [0.2, 0.25) is 0 Å². The van der Waals surface area contributed by atoms with Crippen molar-refractivity contribution in [3.63, 3.8) is 0 Å². The largest absolute Gasteiger partial charge is 0.374 e. The van der Waals surface area contributed by atoms with E-state index in [0.29, 0.717) is 19.7 Å². The summed E-state index contributed by atoms with van der Waals surface area (Å²) < 4.78 is 5.36. The summed E-state index contributed by atoms with van der Waals surface area (Å²) in [6, 6.07) is 0. The topological polar surface area (TPSA) is 29.5 Å². The van der Waals surface area contributed by atoms with Crippen molar-refractivity contribution in [3.05, 3.63) is 12.7 Å². The van der Waals surface area contributed by atoms with Crippen molar-refractivity contribution in [1.82, 2.24) is 4.90 Å². The quantitative estimate of drug-likeness (QED) is 0.548. The average Bonchev–Trinajstić information content (AvgIpc) is 2.06. The molecule has 0 saturated carbocycles. The summed E-state index contributed by atoms with van der Waals surface area (Å²) in [5, 5.41) is 0. The van der Waals surface area contributed by atoms with Gasteiger partial charge in [-0.2, -0.15) is 0 Å². The average molecular weight is 154 g/mol. The summed E-state index contributed by atoms with van der Waals surface area (Å²) in [6.07, 6.45) is 4.60. The number of amides is 1. The molecule has 61 valence electrons. The highest BCUT2D eigenvalue weighted by Gasteiger charge is 2.17. The van der Waals surface area contributed by atoms with Crippen molar-refractivity contribution in [3.8, 4) is 0 Å². The Morgan fingerprint density at radius 3 is 3.27 bits per heavy atom. The first kappa shape index (κ1) is 8.27. The predicted octanol–water partition coefficient (Wildman–Crippen LogP) is 0.331. The van der Waals surface area contributed by atoms with E-state index in [1.165, 1.54) is 0 Å². The van der Waals surface area contributed by atoms with Gasteiger partial charge >= 0.3 is 6.41 Å². The Morgan fingerprint density at radius 2 is 2.64 bits per heavy atom. The van der Waals surface area contributed by atoms with E-state index in [0.717, 1.165) is 6.42 Å². The molecule has 0 N–H and O–H groups in total. The summed E-state index contributed by atoms with van der Waals surface area (Å²) in [5.41, 5.74) is 0. The Morgan fingerprint density at radius 1 is 1.82 bits per heavy atom. The Kier molecular flexibility index (Phi) is 3.11. The van der Waals surface area contributed by atoms with Gasteiger partial charge in [-0.15, -0.1) is 6.58 Å². The molecular weight excluding hydrogens is 142 g/mol. The van der Waals surface area contributed by atoms with Crippen molar-refractivity contribution < 1.29 is 9.53 Å². The molecule has 0 spiro atoms. The van der Waals surface area contributed by atoms with E-state index in [1.807, 2.05) is 6.41 Å². The zero-order valence-corrected chi connectivity index (χ0v) is 6.45. The van der Waals surface area contributed by atoms with Gasteiger partial charge in [0.25, 0.3) is 0 Å². The van der Waals surface area contributed by atoms with Crippen molar-refractivity contribution >= 4 is 6.41 Å². The van der Waals surface area contributed by atoms with Crippen LogP contribution in [0.25, 0.3) is 0 Å². The molecule has 1 rings (SSSR count). The Balaban J connectivity index is 2.32. The Bertz CT molecular complexity index is 147. The normalized spacial score (nSPS) is 24.7. The summed E-state index contributed by atoms with van der Waals surface area (Å²) in [4.78, 5) is 11.8. The SMILES string of the molecule is C=CCC1CN([C]=O)CCO1. The zero-order chi connectivity index (χ0) is 8.10. The van der Waals surface area contributed by atoms with Crippen LogP contribution in [0.1, 0.15) is 6.42 Å². The molecule has 1 fully saturated rings. The van der Waals surface area contributed by atoms with Crippen LogP contribution in [-0.4, -0.2) is 37.1 Å². The van der Waals surface area contributed by atoms with Crippen LogP contribution in [0, 0.1) is 0 Å². The first-order valence-electron chi connectivity index (χ1n) is 3.72. The van der Waals surface area contributed by atoms with Gasteiger partial charge in [-0.3, -0.25) is 4.79 Å². The molecule has 1 radical (unpaired) electrons. The zero-order valence-electron chi connectivity index (χ0n) is 6.45. The summed E-state index contributed by atoms with van der Waals surface area (Å²) in [6.45, 7) is 5.54. The van der Waals surface area contributed by atoms with E-state index in [4.69, 9.17) is 4.74 Å². The minimum absolute atomic E-state index is 0.127. The molecule has 3 nitrogen and oxygen atoms in total. The molecule has 1 amide bonds. The van der Waals surface area contributed by atoms with Crippen molar-refractivity contribution in [2.45, 2.75) is 12.5 Å². The fourth-order valence-electron chi connectivity index (χ4n) is 1.13. The molecule has 3 heteroatoms. The third kappa shape index (κ3) is 2.35. The lowest BCUT2D eigenvalue weighted by molar-refractivity contribution is -0.00387. The fraction of sp³-hybridized carbons (Fsp3) is 0.625. The van der Waals surface area contributed by atoms with Crippen molar-refractivity contribution in [2.75, 3.05) is 19.7 Å². The second-order valence-electron chi connectivity index (χ2n) is 2.55. The van der Waals surface area contributed by atoms with Crippen LogP contribution in [-0.2, 0) is 9.53 Å². The van der Waals surface area contributed by atoms with Crippen LogP contribution < -0.4 is 0 Å². The lowest BCUT2D eigenvalue weighted by Gasteiger charge is -2.28. The van der Waals surface area contributed by atoms with Crippen LogP contribution in [0.15, 0.2) is 12.7 Å². The van der Waals surface area contributed by atoms with Crippen LogP contribution >= 0.6 is 0 Å². The van der Waals surface area contributed by atoms with E-state index >= 15 is 0 Å². The van der Waals surface area contributed by atoms with E-state index in [1.54, 1.807) is 11.0 Å². The van der Waals surface area contributed by atoms with Gasteiger partial charge in [-0.1, -0.05) is 6.08 Å². The molecule has 1 heterocycles. The highest BCUT2D eigenvalue weighted by molar-refractivity contribution is 5.48. The maximum Gasteiger partial charge on any atom is 0.312 e. The minimum Gasteiger partial charge on any atom is -0.374 e. The first-order chi connectivity index (χ1) is 5.36. The second-order valence-corrected chi connectivity index (χ2v) is 2.55. The van der Waals surface area contributed by atoms with Gasteiger partial charge in [-0.05, 0) is 6.42 Å². The molecule has 0 aliphatic carbocycles. The molecule has 1 atom stereocenters. The van der Waals surface area contributed by atoms with Crippen LogP contribution in [0.4, 0.5) is 0 Å². The molecule has 1 unspecified atom stereocenters. The number of hydrogen-bond acceptors (Lipinski definition) is 2. The van der Waals surface area contributed by atoms with Crippen molar-refractivity contribution in [1.29, 1.82) is 0 Å². The molecule has 1 aliphatic rings. The summed E-state index contributed by atoms with van der Waals surface area (Å²) in [5.74, 6) is 0. The van der Waals surface area contributed by atoms with Crippen molar-refractivity contribution in [2.24, 2.45) is 0 Å². The molecule has 11 heavy (non-hydrogen) atoms. The predicted molar refractivity (Wildman–Crippen MR) is 41.8 cm³/mol. The second kappa shape index (κ2) is 4.13. The van der Waals surface area contributed by atoms with E-state index < -0.39 is 0 Å². The first-order valence-corrected chi connectivity index (χ1v) is 3.72. The van der Waals surface area contributed by atoms with Gasteiger partial charge < -0.3 is 9.64 Å². The van der Waals surface area contributed by atoms with Gasteiger partial charge in [0, 0.05) is 13.1 Å². The molecule has 0 aromatic carbocycles. The fourth-order valence-corrected chi connectivity index (χ4v) is 1.13. The lowest BCUT2D eigenvalue weighted by Crippen LogP contribution is -2.41. The van der Waals surface area contributed by atoms with Gasteiger partial charge in [0.1, 0.15) is 0 Å². The standard InChI is InChI=1S/C8H12NO2/c1-2-3-8-6-9(7-10)4-5-11-8/h2,8H,1,3-6H2. The molecule has 1 saturated heterocycles.